The molecule has 0 aromatic heterocycles. The highest BCUT2D eigenvalue weighted by atomic mass is 16.5. The summed E-state index contributed by atoms with van der Waals surface area (Å²) in [5.74, 6) is -0.700. The Morgan fingerprint density at radius 1 is 1.00 bits per heavy atom. The molecule has 102 valence electrons. The van der Waals surface area contributed by atoms with E-state index in [2.05, 4.69) is 14.5 Å². The van der Waals surface area contributed by atoms with Crippen LogP contribution in [0.25, 0.3) is 0 Å². The zero-order chi connectivity index (χ0) is 14.4. The van der Waals surface area contributed by atoms with Crippen molar-refractivity contribution in [3.05, 3.63) is 29.3 Å². The van der Waals surface area contributed by atoms with Crippen molar-refractivity contribution in [2.24, 2.45) is 4.99 Å². The van der Waals surface area contributed by atoms with Gasteiger partial charge in [0.25, 0.3) is 0 Å². The molecule has 1 aromatic rings. The SMILES string of the molecule is COC(=O)c1ccc(C(=O)OC)c(N=C(C)OC)c1. The Balaban J connectivity index is 3.34. The highest BCUT2D eigenvalue weighted by Gasteiger charge is 2.15. The third kappa shape index (κ3) is 3.54. The van der Waals surface area contributed by atoms with Gasteiger partial charge >= 0.3 is 11.9 Å². The zero-order valence-corrected chi connectivity index (χ0v) is 11.2. The zero-order valence-electron chi connectivity index (χ0n) is 11.2. The van der Waals surface area contributed by atoms with Crippen LogP contribution >= 0.6 is 0 Å². The molecule has 1 rings (SSSR count). The molecule has 0 fully saturated rings. The van der Waals surface area contributed by atoms with Crippen molar-refractivity contribution in [3.8, 4) is 0 Å². The van der Waals surface area contributed by atoms with E-state index in [4.69, 9.17) is 4.74 Å². The van der Waals surface area contributed by atoms with Gasteiger partial charge < -0.3 is 14.2 Å². The predicted octanol–water partition coefficient (Wildman–Crippen LogP) is 1.96. The van der Waals surface area contributed by atoms with E-state index >= 15 is 0 Å². The maximum atomic E-state index is 11.6. The van der Waals surface area contributed by atoms with Gasteiger partial charge in [-0.15, -0.1) is 0 Å². The maximum absolute atomic E-state index is 11.6. The average molecular weight is 265 g/mol. The van der Waals surface area contributed by atoms with Gasteiger partial charge in [-0.1, -0.05) is 0 Å². The lowest BCUT2D eigenvalue weighted by atomic mass is 10.1. The smallest absolute Gasteiger partial charge is 0.340 e. The van der Waals surface area contributed by atoms with Crippen LogP contribution in [-0.2, 0) is 14.2 Å². The Labute approximate surface area is 111 Å². The van der Waals surface area contributed by atoms with Crippen LogP contribution in [0.4, 0.5) is 5.69 Å². The lowest BCUT2D eigenvalue weighted by Gasteiger charge is -2.07. The van der Waals surface area contributed by atoms with Crippen molar-refractivity contribution in [2.45, 2.75) is 6.92 Å². The number of aliphatic imine (C=N–C) groups is 1. The van der Waals surface area contributed by atoms with Gasteiger partial charge in [-0.3, -0.25) is 0 Å². The first-order chi connectivity index (χ1) is 9.03. The topological polar surface area (TPSA) is 74.2 Å². The molecule has 0 bridgehead atoms. The number of carbonyl (C=O) groups excluding carboxylic acids is 2. The summed E-state index contributed by atoms with van der Waals surface area (Å²) in [7, 11) is 4.01. The Kier molecular flexibility index (Phi) is 5.05. The number of ether oxygens (including phenoxy) is 3. The van der Waals surface area contributed by atoms with Crippen LogP contribution in [0.2, 0.25) is 0 Å². The van der Waals surface area contributed by atoms with Crippen LogP contribution in [0.1, 0.15) is 27.6 Å². The number of esters is 2. The second-order valence-electron chi connectivity index (χ2n) is 3.55. The Hall–Kier alpha value is -2.37. The molecule has 0 aliphatic heterocycles. The van der Waals surface area contributed by atoms with Crippen LogP contribution in [0.5, 0.6) is 0 Å². The van der Waals surface area contributed by atoms with Gasteiger partial charge in [-0.25, -0.2) is 14.6 Å². The molecule has 0 spiro atoms. The highest BCUT2D eigenvalue weighted by Crippen LogP contribution is 2.23. The summed E-state index contributed by atoms with van der Waals surface area (Å²) in [6.45, 7) is 1.63. The lowest BCUT2D eigenvalue weighted by Crippen LogP contribution is -2.06. The van der Waals surface area contributed by atoms with Gasteiger partial charge in [0.2, 0.25) is 0 Å². The fraction of sp³-hybridized carbons (Fsp3) is 0.308. The first-order valence-corrected chi connectivity index (χ1v) is 5.43. The summed E-state index contributed by atoms with van der Waals surface area (Å²) in [5, 5.41) is 0. The molecule has 0 aliphatic rings. The van der Waals surface area contributed by atoms with Crippen LogP contribution < -0.4 is 0 Å². The molecule has 19 heavy (non-hydrogen) atoms. The normalized spacial score (nSPS) is 10.8. The van der Waals surface area contributed by atoms with Gasteiger partial charge in [0.1, 0.15) is 0 Å². The van der Waals surface area contributed by atoms with Crippen molar-refractivity contribution in [1.29, 1.82) is 0 Å². The molecule has 0 unspecified atom stereocenters. The molecule has 0 saturated heterocycles. The monoisotopic (exact) mass is 265 g/mol. The Morgan fingerprint density at radius 2 is 1.63 bits per heavy atom. The number of hydrogen-bond acceptors (Lipinski definition) is 6. The Morgan fingerprint density at radius 3 is 2.16 bits per heavy atom. The van der Waals surface area contributed by atoms with Gasteiger partial charge in [-0.2, -0.15) is 0 Å². The van der Waals surface area contributed by atoms with Gasteiger partial charge in [-0.05, 0) is 18.2 Å². The predicted molar refractivity (Wildman–Crippen MR) is 68.9 cm³/mol. The minimum atomic E-state index is -0.543. The molecule has 0 atom stereocenters. The summed E-state index contributed by atoms with van der Waals surface area (Å²) in [6.07, 6.45) is 0. The first-order valence-electron chi connectivity index (χ1n) is 5.43. The second kappa shape index (κ2) is 6.53. The van der Waals surface area contributed by atoms with Crippen molar-refractivity contribution in [3.63, 3.8) is 0 Å². The summed E-state index contributed by atoms with van der Waals surface area (Å²) >= 11 is 0. The third-order valence-corrected chi connectivity index (χ3v) is 2.40. The van der Waals surface area contributed by atoms with E-state index in [1.54, 1.807) is 6.92 Å². The standard InChI is InChI=1S/C13H15NO5/c1-8(17-2)14-11-7-9(12(15)18-3)5-6-10(11)13(16)19-4/h5-7H,1-4H3. The number of carbonyl (C=O) groups is 2. The lowest BCUT2D eigenvalue weighted by molar-refractivity contribution is 0.0587. The first kappa shape index (κ1) is 14.7. The van der Waals surface area contributed by atoms with E-state index in [-0.39, 0.29) is 16.8 Å². The molecule has 6 nitrogen and oxygen atoms in total. The number of hydrogen-bond donors (Lipinski definition) is 0. The summed E-state index contributed by atoms with van der Waals surface area (Å²) in [6, 6.07) is 4.37. The van der Waals surface area contributed by atoms with Crippen molar-refractivity contribution in [2.75, 3.05) is 21.3 Å². The van der Waals surface area contributed by atoms with Crippen LogP contribution in [0, 0.1) is 0 Å². The molecule has 1 aromatic carbocycles. The quantitative estimate of drug-likeness (QED) is 0.474. The van der Waals surface area contributed by atoms with Crippen molar-refractivity contribution >= 4 is 23.5 Å². The molecule has 0 radical (unpaired) electrons. The number of rotatable bonds is 3. The van der Waals surface area contributed by atoms with Crippen LogP contribution in [-0.4, -0.2) is 39.2 Å². The number of benzene rings is 1. The van der Waals surface area contributed by atoms with Crippen LogP contribution in [0.3, 0.4) is 0 Å². The fourth-order valence-corrected chi connectivity index (χ4v) is 1.37. The van der Waals surface area contributed by atoms with E-state index < -0.39 is 11.9 Å². The minimum absolute atomic E-state index is 0.242. The Bertz CT molecular complexity index is 522. The van der Waals surface area contributed by atoms with Crippen LogP contribution in [0.15, 0.2) is 23.2 Å². The van der Waals surface area contributed by atoms with Gasteiger partial charge in [0.15, 0.2) is 5.90 Å². The molecule has 0 amide bonds. The summed E-state index contributed by atoms with van der Waals surface area (Å²) < 4.78 is 14.2. The fourth-order valence-electron chi connectivity index (χ4n) is 1.37. The molecule has 0 saturated carbocycles. The molecule has 6 heteroatoms. The molecular formula is C13H15NO5. The number of methoxy groups -OCH3 is 3. The summed E-state index contributed by atoms with van der Waals surface area (Å²) in [5.41, 5.74) is 0.818. The van der Waals surface area contributed by atoms with Gasteiger partial charge in [0.05, 0.1) is 38.1 Å². The highest BCUT2D eigenvalue weighted by molar-refractivity contribution is 5.99. The van der Waals surface area contributed by atoms with Crippen molar-refractivity contribution in [1.82, 2.24) is 0 Å². The molecule has 0 N–H and O–H groups in total. The van der Waals surface area contributed by atoms with E-state index in [1.165, 1.54) is 39.5 Å². The van der Waals surface area contributed by atoms with Crippen molar-refractivity contribution < 1.29 is 23.8 Å². The number of nitrogens with zero attached hydrogens (tertiary/aromatic N) is 1. The van der Waals surface area contributed by atoms with E-state index in [0.717, 1.165) is 0 Å². The van der Waals surface area contributed by atoms with Gasteiger partial charge in [0, 0.05) is 6.92 Å². The molecule has 0 heterocycles. The maximum Gasteiger partial charge on any atom is 0.340 e. The average Bonchev–Trinajstić information content (AvgIpc) is 2.45. The molecular weight excluding hydrogens is 250 g/mol. The van der Waals surface area contributed by atoms with E-state index in [1.807, 2.05) is 0 Å². The van der Waals surface area contributed by atoms with E-state index in [0.29, 0.717) is 5.90 Å². The van der Waals surface area contributed by atoms with E-state index in [9.17, 15) is 9.59 Å². The third-order valence-electron chi connectivity index (χ3n) is 2.40. The largest absolute Gasteiger partial charge is 0.484 e. The second-order valence-corrected chi connectivity index (χ2v) is 3.55. The minimum Gasteiger partial charge on any atom is -0.484 e. The summed E-state index contributed by atoms with van der Waals surface area (Å²) in [4.78, 5) is 27.2. The molecule has 0 aliphatic carbocycles.